The number of benzene rings is 1. The number of methoxy groups -OCH3 is 1. The fourth-order valence-electron chi connectivity index (χ4n) is 1.61. The van der Waals surface area contributed by atoms with Gasteiger partial charge in [0, 0.05) is 20.5 Å². The van der Waals surface area contributed by atoms with Crippen molar-refractivity contribution in [3.63, 3.8) is 0 Å². The van der Waals surface area contributed by atoms with Crippen molar-refractivity contribution in [2.24, 2.45) is 0 Å². The number of hydrogen-bond acceptors (Lipinski definition) is 5. The van der Waals surface area contributed by atoms with E-state index in [4.69, 9.17) is 9.84 Å². The van der Waals surface area contributed by atoms with E-state index in [2.05, 4.69) is 0 Å². The molecule has 1 amide bonds. The summed E-state index contributed by atoms with van der Waals surface area (Å²) in [7, 11) is 0.525. The van der Waals surface area contributed by atoms with Crippen LogP contribution < -0.4 is 4.74 Å². The summed E-state index contributed by atoms with van der Waals surface area (Å²) < 4.78 is 29.5. The number of hydrogen-bond donors (Lipinski definition) is 1. The number of carbonyl (C=O) groups is 2. The number of nitrogens with zero attached hydrogens (tertiary/aromatic N) is 1. The smallest absolute Gasteiger partial charge is 0.335 e. The maximum absolute atomic E-state index is 12.3. The SMILES string of the molecule is COc1ccc(C(=O)O)cc1S(=O)(=O)CCC(=O)N(C)C. The molecule has 1 N–H and O–H groups in total. The minimum absolute atomic E-state index is 0.0531. The first-order valence-electron chi connectivity index (χ1n) is 6.03. The number of amides is 1. The van der Waals surface area contributed by atoms with Gasteiger partial charge in [-0.25, -0.2) is 13.2 Å². The molecule has 0 spiro atoms. The maximum Gasteiger partial charge on any atom is 0.335 e. The summed E-state index contributed by atoms with van der Waals surface area (Å²) in [5.41, 5.74) is -0.159. The molecule has 0 radical (unpaired) electrons. The van der Waals surface area contributed by atoms with Gasteiger partial charge in [-0.1, -0.05) is 0 Å². The van der Waals surface area contributed by atoms with E-state index < -0.39 is 21.6 Å². The average Bonchev–Trinajstić information content (AvgIpc) is 2.43. The highest BCUT2D eigenvalue weighted by Crippen LogP contribution is 2.26. The minimum Gasteiger partial charge on any atom is -0.495 e. The van der Waals surface area contributed by atoms with Crippen LogP contribution in [0.3, 0.4) is 0 Å². The van der Waals surface area contributed by atoms with Gasteiger partial charge in [0.25, 0.3) is 0 Å². The van der Waals surface area contributed by atoms with E-state index in [-0.39, 0.29) is 28.5 Å². The van der Waals surface area contributed by atoms with Gasteiger partial charge in [0.05, 0.1) is 18.4 Å². The predicted molar refractivity (Wildman–Crippen MR) is 75.3 cm³/mol. The Morgan fingerprint density at radius 1 is 1.29 bits per heavy atom. The summed E-state index contributed by atoms with van der Waals surface area (Å²) in [6, 6.07) is 3.58. The molecule has 0 aromatic heterocycles. The Labute approximate surface area is 123 Å². The molecule has 21 heavy (non-hydrogen) atoms. The molecular formula is C13H17NO6S. The zero-order chi connectivity index (χ0) is 16.2. The van der Waals surface area contributed by atoms with Crippen LogP contribution in [-0.2, 0) is 14.6 Å². The Kier molecular flexibility index (Phi) is 5.31. The number of carbonyl (C=O) groups excluding carboxylic acids is 1. The molecule has 0 aliphatic heterocycles. The third-order valence-corrected chi connectivity index (χ3v) is 4.56. The monoisotopic (exact) mass is 315 g/mol. The van der Waals surface area contributed by atoms with Crippen LogP contribution in [-0.4, -0.2) is 57.3 Å². The van der Waals surface area contributed by atoms with Gasteiger partial charge in [0.15, 0.2) is 9.84 Å². The van der Waals surface area contributed by atoms with Crippen molar-refractivity contribution >= 4 is 21.7 Å². The normalized spacial score (nSPS) is 11.0. The summed E-state index contributed by atoms with van der Waals surface area (Å²) in [4.78, 5) is 23.5. The van der Waals surface area contributed by atoms with Crippen LogP contribution in [0, 0.1) is 0 Å². The number of ether oxygens (including phenoxy) is 1. The fraction of sp³-hybridized carbons (Fsp3) is 0.385. The third kappa shape index (κ3) is 4.19. The van der Waals surface area contributed by atoms with Crippen molar-refractivity contribution in [2.45, 2.75) is 11.3 Å². The molecule has 0 fully saturated rings. The zero-order valence-electron chi connectivity index (χ0n) is 12.0. The van der Waals surface area contributed by atoms with Crippen LogP contribution in [0.2, 0.25) is 0 Å². The standard InChI is InChI=1S/C13H17NO6S/c1-14(2)12(15)6-7-21(18,19)11-8-9(13(16)17)4-5-10(11)20-3/h4-5,8H,6-7H2,1-3H3,(H,16,17). The Morgan fingerprint density at radius 3 is 2.38 bits per heavy atom. The van der Waals surface area contributed by atoms with Crippen LogP contribution in [0.15, 0.2) is 23.1 Å². The van der Waals surface area contributed by atoms with E-state index in [1.165, 1.54) is 38.2 Å². The molecule has 0 unspecified atom stereocenters. The molecule has 0 saturated carbocycles. The lowest BCUT2D eigenvalue weighted by molar-refractivity contribution is -0.128. The molecular weight excluding hydrogens is 298 g/mol. The highest BCUT2D eigenvalue weighted by atomic mass is 32.2. The molecule has 0 aliphatic carbocycles. The Hall–Kier alpha value is -2.09. The molecule has 0 atom stereocenters. The van der Waals surface area contributed by atoms with E-state index >= 15 is 0 Å². The Bertz CT molecular complexity index is 651. The summed E-state index contributed by atoms with van der Waals surface area (Å²) >= 11 is 0. The highest BCUT2D eigenvalue weighted by molar-refractivity contribution is 7.91. The second-order valence-electron chi connectivity index (χ2n) is 4.53. The van der Waals surface area contributed by atoms with Crippen molar-refractivity contribution in [1.29, 1.82) is 0 Å². The van der Waals surface area contributed by atoms with Crippen molar-refractivity contribution in [3.05, 3.63) is 23.8 Å². The van der Waals surface area contributed by atoms with Gasteiger partial charge in [0.1, 0.15) is 10.6 Å². The summed E-state index contributed by atoms with van der Waals surface area (Å²) in [5, 5.41) is 8.93. The van der Waals surface area contributed by atoms with Crippen molar-refractivity contribution < 1.29 is 27.9 Å². The second-order valence-corrected chi connectivity index (χ2v) is 6.61. The fourth-order valence-corrected chi connectivity index (χ4v) is 3.04. The van der Waals surface area contributed by atoms with Crippen molar-refractivity contribution in [2.75, 3.05) is 27.0 Å². The maximum atomic E-state index is 12.3. The van der Waals surface area contributed by atoms with Crippen LogP contribution in [0.4, 0.5) is 0 Å². The number of carboxylic acids is 1. The van der Waals surface area contributed by atoms with Crippen LogP contribution in [0.5, 0.6) is 5.75 Å². The highest BCUT2D eigenvalue weighted by Gasteiger charge is 2.23. The van der Waals surface area contributed by atoms with E-state index in [9.17, 15) is 18.0 Å². The third-order valence-electron chi connectivity index (χ3n) is 2.83. The number of sulfone groups is 1. The number of carboxylic acid groups (broad SMARTS) is 1. The zero-order valence-corrected chi connectivity index (χ0v) is 12.8. The summed E-state index contributed by atoms with van der Waals surface area (Å²) in [6.07, 6.45) is -0.185. The quantitative estimate of drug-likeness (QED) is 0.827. The van der Waals surface area contributed by atoms with Crippen molar-refractivity contribution in [3.8, 4) is 5.75 Å². The molecule has 0 heterocycles. The summed E-state index contributed by atoms with van der Waals surface area (Å²) in [6.45, 7) is 0. The van der Waals surface area contributed by atoms with Crippen LogP contribution in [0.1, 0.15) is 16.8 Å². The second kappa shape index (κ2) is 6.57. The topological polar surface area (TPSA) is 101 Å². The number of aromatic carboxylic acids is 1. The largest absolute Gasteiger partial charge is 0.495 e. The van der Waals surface area contributed by atoms with E-state index in [1.807, 2.05) is 0 Å². The lowest BCUT2D eigenvalue weighted by Crippen LogP contribution is -2.24. The lowest BCUT2D eigenvalue weighted by Gasteiger charge is -2.12. The van der Waals surface area contributed by atoms with Gasteiger partial charge < -0.3 is 14.7 Å². The molecule has 0 aliphatic rings. The Morgan fingerprint density at radius 2 is 1.90 bits per heavy atom. The van der Waals surface area contributed by atoms with Gasteiger partial charge in [-0.3, -0.25) is 4.79 Å². The van der Waals surface area contributed by atoms with Crippen LogP contribution >= 0.6 is 0 Å². The molecule has 0 bridgehead atoms. The first-order chi connectivity index (χ1) is 9.69. The lowest BCUT2D eigenvalue weighted by atomic mass is 10.2. The molecule has 1 rings (SSSR count). The van der Waals surface area contributed by atoms with Gasteiger partial charge >= 0.3 is 5.97 Å². The van der Waals surface area contributed by atoms with Gasteiger partial charge in [-0.15, -0.1) is 0 Å². The van der Waals surface area contributed by atoms with Crippen LogP contribution in [0.25, 0.3) is 0 Å². The van der Waals surface area contributed by atoms with E-state index in [1.54, 1.807) is 0 Å². The average molecular weight is 315 g/mol. The molecule has 1 aromatic carbocycles. The number of rotatable bonds is 6. The Balaban J connectivity index is 3.14. The molecule has 7 nitrogen and oxygen atoms in total. The van der Waals surface area contributed by atoms with E-state index in [0.29, 0.717) is 0 Å². The first-order valence-corrected chi connectivity index (χ1v) is 7.68. The molecule has 116 valence electrons. The predicted octanol–water partition coefficient (Wildman–Crippen LogP) is 0.645. The molecule has 0 saturated heterocycles. The van der Waals surface area contributed by atoms with Gasteiger partial charge in [0.2, 0.25) is 5.91 Å². The first kappa shape index (κ1) is 17.0. The van der Waals surface area contributed by atoms with Gasteiger partial charge in [-0.2, -0.15) is 0 Å². The van der Waals surface area contributed by atoms with Crippen molar-refractivity contribution in [1.82, 2.24) is 4.90 Å². The summed E-state index contributed by atoms with van der Waals surface area (Å²) in [5.74, 6) is -1.92. The van der Waals surface area contributed by atoms with E-state index in [0.717, 1.165) is 6.07 Å². The van der Waals surface area contributed by atoms with Gasteiger partial charge in [-0.05, 0) is 18.2 Å². The molecule has 8 heteroatoms. The minimum atomic E-state index is -3.82. The molecule has 1 aromatic rings.